The molecule has 1 saturated heterocycles. The van der Waals surface area contributed by atoms with Gasteiger partial charge in [0.2, 0.25) is 11.8 Å². The van der Waals surface area contributed by atoms with E-state index in [1.165, 1.54) is 11.8 Å². The average molecular weight is 428 g/mol. The number of methoxy groups -OCH3 is 2. The van der Waals surface area contributed by atoms with Gasteiger partial charge in [-0.05, 0) is 43.7 Å². The second-order valence-electron chi connectivity index (χ2n) is 6.74. The number of thioether (sulfide) groups is 1. The number of carbonyl (C=O) groups excluding carboxylic acids is 2. The zero-order chi connectivity index (χ0) is 21.7. The van der Waals surface area contributed by atoms with Gasteiger partial charge in [-0.1, -0.05) is 23.9 Å². The van der Waals surface area contributed by atoms with Gasteiger partial charge in [0.1, 0.15) is 22.4 Å². The number of carbonyl (C=O) groups is 2. The Hall–Kier alpha value is -3.00. The predicted molar refractivity (Wildman–Crippen MR) is 120 cm³/mol. The summed E-state index contributed by atoms with van der Waals surface area (Å²) in [6, 6.07) is 12.9. The van der Waals surface area contributed by atoms with Crippen molar-refractivity contribution >= 4 is 40.1 Å². The number of hydrogen-bond donors (Lipinski definition) is 1. The van der Waals surface area contributed by atoms with Crippen molar-refractivity contribution in [2.45, 2.75) is 25.5 Å². The maximum Gasteiger partial charge on any atom is 0.242 e. The molecule has 0 radical (unpaired) electrons. The molecule has 2 aromatic rings. The van der Waals surface area contributed by atoms with Gasteiger partial charge in [-0.25, -0.2) is 4.99 Å². The Balaban J connectivity index is 1.76. The van der Waals surface area contributed by atoms with Gasteiger partial charge < -0.3 is 14.8 Å². The van der Waals surface area contributed by atoms with Gasteiger partial charge in [-0.2, -0.15) is 0 Å². The molecule has 1 aliphatic heterocycles. The number of benzene rings is 2. The molecule has 7 nitrogen and oxygen atoms in total. The number of anilines is 1. The smallest absolute Gasteiger partial charge is 0.242 e. The van der Waals surface area contributed by atoms with Crippen LogP contribution in [0, 0.1) is 6.92 Å². The Morgan fingerprint density at radius 1 is 1.20 bits per heavy atom. The largest absolute Gasteiger partial charge is 0.497 e. The van der Waals surface area contributed by atoms with E-state index in [-0.39, 0.29) is 18.2 Å². The van der Waals surface area contributed by atoms with Crippen molar-refractivity contribution in [3.05, 3.63) is 48.0 Å². The van der Waals surface area contributed by atoms with Crippen LogP contribution in [0.15, 0.2) is 47.5 Å². The summed E-state index contributed by atoms with van der Waals surface area (Å²) < 4.78 is 10.6. The molecule has 2 amide bonds. The van der Waals surface area contributed by atoms with Crippen molar-refractivity contribution in [2.24, 2.45) is 4.99 Å². The summed E-state index contributed by atoms with van der Waals surface area (Å²) in [5, 5.41) is 2.90. The molecule has 1 heterocycles. The summed E-state index contributed by atoms with van der Waals surface area (Å²) in [6.07, 6.45) is 0.0761. The van der Waals surface area contributed by atoms with E-state index in [9.17, 15) is 9.59 Å². The van der Waals surface area contributed by atoms with Crippen LogP contribution in [0.1, 0.15) is 18.9 Å². The molecule has 1 N–H and O–H groups in total. The molecule has 0 bridgehead atoms. The topological polar surface area (TPSA) is 80.2 Å². The molecule has 1 atom stereocenters. The lowest BCUT2D eigenvalue weighted by atomic mass is 10.2. The summed E-state index contributed by atoms with van der Waals surface area (Å²) in [7, 11) is 3.14. The second-order valence-corrected chi connectivity index (χ2v) is 7.91. The van der Waals surface area contributed by atoms with Gasteiger partial charge in [0.25, 0.3) is 0 Å². The minimum absolute atomic E-state index is 0.0761. The third kappa shape index (κ3) is 4.94. The quantitative estimate of drug-likeness (QED) is 0.723. The van der Waals surface area contributed by atoms with Crippen LogP contribution >= 0.6 is 11.8 Å². The molecule has 2 aromatic carbocycles. The van der Waals surface area contributed by atoms with Crippen LogP contribution in [-0.4, -0.2) is 47.9 Å². The van der Waals surface area contributed by atoms with E-state index < -0.39 is 5.25 Å². The number of amidine groups is 1. The maximum absolute atomic E-state index is 12.8. The fourth-order valence-corrected chi connectivity index (χ4v) is 4.31. The molecular formula is C22H25N3O4S. The van der Waals surface area contributed by atoms with E-state index in [1.807, 2.05) is 38.1 Å². The molecule has 1 aliphatic rings. The zero-order valence-corrected chi connectivity index (χ0v) is 18.3. The highest BCUT2D eigenvalue weighted by Crippen LogP contribution is 2.36. The summed E-state index contributed by atoms with van der Waals surface area (Å²) >= 11 is 1.30. The van der Waals surface area contributed by atoms with Crippen molar-refractivity contribution < 1.29 is 19.1 Å². The van der Waals surface area contributed by atoms with E-state index in [0.717, 1.165) is 11.3 Å². The highest BCUT2D eigenvalue weighted by Gasteiger charge is 2.38. The first-order valence-corrected chi connectivity index (χ1v) is 10.5. The molecule has 0 unspecified atom stereocenters. The average Bonchev–Trinajstić information content (AvgIpc) is 3.02. The molecule has 3 rings (SSSR count). The number of hydrogen-bond acceptors (Lipinski definition) is 6. The van der Waals surface area contributed by atoms with Crippen molar-refractivity contribution in [1.29, 1.82) is 0 Å². The van der Waals surface area contributed by atoms with E-state index in [2.05, 4.69) is 10.3 Å². The van der Waals surface area contributed by atoms with Crippen molar-refractivity contribution in [1.82, 2.24) is 4.90 Å². The minimum atomic E-state index is -0.516. The molecule has 0 spiro atoms. The molecule has 0 aliphatic carbocycles. The number of aryl methyl sites for hydroxylation is 1. The van der Waals surface area contributed by atoms with E-state index in [1.54, 1.807) is 37.3 Å². The molecule has 8 heteroatoms. The first-order chi connectivity index (χ1) is 14.4. The summed E-state index contributed by atoms with van der Waals surface area (Å²) in [4.78, 5) is 31.5. The number of ether oxygens (including phenoxy) is 2. The monoisotopic (exact) mass is 427 g/mol. The van der Waals surface area contributed by atoms with Crippen LogP contribution in [0.3, 0.4) is 0 Å². The summed E-state index contributed by atoms with van der Waals surface area (Å²) in [5.74, 6) is 0.884. The van der Waals surface area contributed by atoms with Crippen LogP contribution in [0.4, 0.5) is 11.4 Å². The molecule has 1 fully saturated rings. The fourth-order valence-electron chi connectivity index (χ4n) is 3.10. The van der Waals surface area contributed by atoms with Crippen molar-refractivity contribution in [3.8, 4) is 11.5 Å². The summed E-state index contributed by atoms with van der Waals surface area (Å²) in [6.45, 7) is 4.31. The first kappa shape index (κ1) is 21.7. The molecule has 30 heavy (non-hydrogen) atoms. The first-order valence-electron chi connectivity index (χ1n) is 9.60. The highest BCUT2D eigenvalue weighted by atomic mass is 32.2. The molecule has 0 aromatic heterocycles. The lowest BCUT2D eigenvalue weighted by Crippen LogP contribution is -2.33. The molecule has 158 valence electrons. The third-order valence-corrected chi connectivity index (χ3v) is 5.79. The lowest BCUT2D eigenvalue weighted by molar-refractivity contribution is -0.128. The Morgan fingerprint density at radius 2 is 2.00 bits per heavy atom. The summed E-state index contributed by atoms with van der Waals surface area (Å²) in [5.41, 5.74) is 2.37. The van der Waals surface area contributed by atoms with Gasteiger partial charge in [-0.3, -0.25) is 14.5 Å². The number of nitrogens with zero attached hydrogens (tertiary/aromatic N) is 2. The van der Waals surface area contributed by atoms with Gasteiger partial charge in [-0.15, -0.1) is 0 Å². The van der Waals surface area contributed by atoms with Crippen LogP contribution < -0.4 is 14.8 Å². The molecule has 0 saturated carbocycles. The Labute approximate surface area is 180 Å². The molecular weight excluding hydrogens is 402 g/mol. The Bertz CT molecular complexity index is 977. The highest BCUT2D eigenvalue weighted by molar-refractivity contribution is 8.15. The normalized spacial score (nSPS) is 17.3. The third-order valence-electron chi connectivity index (χ3n) is 4.61. The van der Waals surface area contributed by atoms with Crippen molar-refractivity contribution in [2.75, 3.05) is 26.1 Å². The van der Waals surface area contributed by atoms with E-state index in [0.29, 0.717) is 28.9 Å². The Kier molecular flexibility index (Phi) is 6.99. The lowest BCUT2D eigenvalue weighted by Gasteiger charge is -2.14. The van der Waals surface area contributed by atoms with Crippen LogP contribution in [0.5, 0.6) is 11.5 Å². The van der Waals surface area contributed by atoms with Crippen LogP contribution in [0.25, 0.3) is 0 Å². The standard InChI is InChI=1S/C22H25N3O4S/c1-5-25-21(27)19(13-20(26)23-15-8-6-7-14(2)11-15)30-22(25)24-17-10-9-16(28-3)12-18(17)29-4/h6-12,19H,5,13H2,1-4H3,(H,23,26)/t19-/m1/s1. The number of amides is 2. The maximum atomic E-state index is 12.8. The van der Waals surface area contributed by atoms with E-state index in [4.69, 9.17) is 9.47 Å². The van der Waals surface area contributed by atoms with Gasteiger partial charge in [0.15, 0.2) is 5.17 Å². The number of nitrogens with one attached hydrogen (secondary N) is 1. The van der Waals surface area contributed by atoms with Gasteiger partial charge in [0.05, 0.1) is 14.2 Å². The number of aliphatic imine (C=N–C) groups is 1. The predicted octanol–water partition coefficient (Wildman–Crippen LogP) is 3.99. The van der Waals surface area contributed by atoms with Gasteiger partial charge >= 0.3 is 0 Å². The van der Waals surface area contributed by atoms with Crippen LogP contribution in [-0.2, 0) is 9.59 Å². The Morgan fingerprint density at radius 3 is 2.67 bits per heavy atom. The zero-order valence-electron chi connectivity index (χ0n) is 17.5. The minimum Gasteiger partial charge on any atom is -0.497 e. The second kappa shape index (κ2) is 9.67. The van der Waals surface area contributed by atoms with Gasteiger partial charge in [0, 0.05) is 24.7 Å². The van der Waals surface area contributed by atoms with Crippen LogP contribution in [0.2, 0.25) is 0 Å². The number of rotatable bonds is 7. The van der Waals surface area contributed by atoms with E-state index >= 15 is 0 Å². The van der Waals surface area contributed by atoms with Crippen molar-refractivity contribution in [3.63, 3.8) is 0 Å². The SMILES string of the molecule is CCN1C(=O)[C@@H](CC(=O)Nc2cccc(C)c2)SC1=Nc1ccc(OC)cc1OC. The fraction of sp³-hybridized carbons (Fsp3) is 0.318.